The molecule has 2 aromatic rings. The van der Waals surface area contributed by atoms with Crippen molar-refractivity contribution < 1.29 is 4.79 Å². The van der Waals surface area contributed by atoms with E-state index < -0.39 is 0 Å². The smallest absolute Gasteiger partial charge is 0.252 e. The van der Waals surface area contributed by atoms with Crippen LogP contribution in [0, 0.1) is 6.92 Å². The molecule has 0 saturated carbocycles. The van der Waals surface area contributed by atoms with Crippen LogP contribution in [0.1, 0.15) is 69.5 Å². The number of aromatic amines is 1. The van der Waals surface area contributed by atoms with Gasteiger partial charge in [-0.2, -0.15) is 0 Å². The molecule has 8 heteroatoms. The Morgan fingerprint density at radius 2 is 1.55 bits per heavy atom. The van der Waals surface area contributed by atoms with Gasteiger partial charge in [0, 0.05) is 77.1 Å². The van der Waals surface area contributed by atoms with Gasteiger partial charge in [-0.25, -0.2) is 4.98 Å². The standard InChI is InChI=1S/C30H46N6O2/c1-3-4-5-6-7-8-9-13-29(38)35-18-20-36(21-19-35)30-31-26(23-28(37)32-30)24-33-14-16-34(17-15-33)27-12-10-11-25(2)22-27/h10-12,22-23H,3-9,13-21,24H2,1-2H3,(H,31,32,37). The van der Waals surface area contributed by atoms with Crippen molar-refractivity contribution in [2.24, 2.45) is 0 Å². The molecule has 0 bridgehead atoms. The zero-order valence-corrected chi connectivity index (χ0v) is 23.5. The number of unbranched alkanes of at least 4 members (excludes halogenated alkanes) is 6. The molecule has 0 radical (unpaired) electrons. The van der Waals surface area contributed by atoms with Gasteiger partial charge < -0.3 is 14.7 Å². The first-order valence-corrected chi connectivity index (χ1v) is 14.7. The van der Waals surface area contributed by atoms with E-state index in [0.29, 0.717) is 45.1 Å². The number of carbonyl (C=O) groups excluding carboxylic acids is 1. The Morgan fingerprint density at radius 3 is 2.26 bits per heavy atom. The van der Waals surface area contributed by atoms with Crippen LogP contribution >= 0.6 is 0 Å². The van der Waals surface area contributed by atoms with E-state index in [1.165, 1.54) is 43.4 Å². The SMILES string of the molecule is CCCCCCCCCC(=O)N1CCN(c2nc(CN3CCN(c4cccc(C)c4)CC3)cc(=O)[nH]2)CC1. The molecule has 0 atom stereocenters. The predicted octanol–water partition coefficient (Wildman–Crippen LogP) is 4.19. The van der Waals surface area contributed by atoms with E-state index in [4.69, 9.17) is 4.98 Å². The number of H-pyrrole nitrogens is 1. The molecule has 2 fully saturated rings. The maximum atomic E-state index is 12.7. The minimum Gasteiger partial charge on any atom is -0.369 e. The summed E-state index contributed by atoms with van der Waals surface area (Å²) in [7, 11) is 0. The molecule has 3 heterocycles. The van der Waals surface area contributed by atoms with Crippen molar-refractivity contribution in [3.8, 4) is 0 Å². The van der Waals surface area contributed by atoms with Crippen molar-refractivity contribution in [1.82, 2.24) is 19.8 Å². The van der Waals surface area contributed by atoms with Crippen LogP contribution < -0.4 is 15.4 Å². The fourth-order valence-electron chi connectivity index (χ4n) is 5.50. The van der Waals surface area contributed by atoms with Gasteiger partial charge in [0.1, 0.15) is 0 Å². The molecule has 0 aliphatic carbocycles. The second-order valence-corrected chi connectivity index (χ2v) is 10.9. The first-order valence-electron chi connectivity index (χ1n) is 14.7. The highest BCUT2D eigenvalue weighted by Gasteiger charge is 2.23. The summed E-state index contributed by atoms with van der Waals surface area (Å²) in [5.41, 5.74) is 3.26. The number of amides is 1. The normalized spacial score (nSPS) is 16.7. The molecule has 2 saturated heterocycles. The summed E-state index contributed by atoms with van der Waals surface area (Å²) in [6, 6.07) is 10.3. The number of rotatable bonds is 12. The molecule has 8 nitrogen and oxygen atoms in total. The highest BCUT2D eigenvalue weighted by Crippen LogP contribution is 2.19. The average molecular weight is 523 g/mol. The second kappa shape index (κ2) is 14.3. The third kappa shape index (κ3) is 8.32. The van der Waals surface area contributed by atoms with E-state index in [1.807, 2.05) is 4.90 Å². The lowest BCUT2D eigenvalue weighted by Crippen LogP contribution is -2.49. The van der Waals surface area contributed by atoms with Crippen LogP contribution in [0.25, 0.3) is 0 Å². The topological polar surface area (TPSA) is 75.8 Å². The van der Waals surface area contributed by atoms with Gasteiger partial charge in [-0.15, -0.1) is 0 Å². The van der Waals surface area contributed by atoms with Gasteiger partial charge in [-0.1, -0.05) is 57.6 Å². The Labute approximate surface area is 228 Å². The van der Waals surface area contributed by atoms with Crippen LogP contribution in [0.3, 0.4) is 0 Å². The van der Waals surface area contributed by atoms with Crippen molar-refractivity contribution in [1.29, 1.82) is 0 Å². The van der Waals surface area contributed by atoms with Crippen LogP contribution in [-0.2, 0) is 11.3 Å². The summed E-state index contributed by atoms with van der Waals surface area (Å²) in [6.45, 7) is 11.6. The van der Waals surface area contributed by atoms with Gasteiger partial charge in [0.25, 0.3) is 5.56 Å². The molecule has 208 valence electrons. The third-order valence-corrected chi connectivity index (χ3v) is 7.83. The van der Waals surface area contributed by atoms with E-state index in [9.17, 15) is 9.59 Å². The number of nitrogens with one attached hydrogen (secondary N) is 1. The summed E-state index contributed by atoms with van der Waals surface area (Å²) in [6.07, 6.45) is 9.20. The van der Waals surface area contributed by atoms with Crippen molar-refractivity contribution in [3.05, 3.63) is 51.9 Å². The first-order chi connectivity index (χ1) is 18.5. The van der Waals surface area contributed by atoms with E-state index in [2.05, 4.69) is 57.8 Å². The molecule has 2 aliphatic heterocycles. The van der Waals surface area contributed by atoms with Gasteiger partial charge in [0.2, 0.25) is 11.9 Å². The van der Waals surface area contributed by atoms with Crippen LogP contribution in [0.4, 0.5) is 11.6 Å². The summed E-state index contributed by atoms with van der Waals surface area (Å²) >= 11 is 0. The molecule has 2 aliphatic rings. The van der Waals surface area contributed by atoms with Gasteiger partial charge in [-0.3, -0.25) is 19.5 Å². The fraction of sp³-hybridized carbons (Fsp3) is 0.633. The van der Waals surface area contributed by atoms with Crippen molar-refractivity contribution in [3.63, 3.8) is 0 Å². The summed E-state index contributed by atoms with van der Waals surface area (Å²) < 4.78 is 0. The first kappa shape index (κ1) is 28.1. The molecule has 4 rings (SSSR count). The number of hydrogen-bond donors (Lipinski definition) is 1. The summed E-state index contributed by atoms with van der Waals surface area (Å²) in [4.78, 5) is 41.7. The van der Waals surface area contributed by atoms with E-state index >= 15 is 0 Å². The predicted molar refractivity (Wildman–Crippen MR) is 155 cm³/mol. The van der Waals surface area contributed by atoms with E-state index in [-0.39, 0.29) is 11.5 Å². The number of carbonyl (C=O) groups is 1. The Balaban J connectivity index is 1.21. The van der Waals surface area contributed by atoms with E-state index in [1.54, 1.807) is 6.07 Å². The number of nitrogens with zero attached hydrogens (tertiary/aromatic N) is 5. The summed E-state index contributed by atoms with van der Waals surface area (Å²) in [5, 5.41) is 0. The number of anilines is 2. The zero-order chi connectivity index (χ0) is 26.7. The van der Waals surface area contributed by atoms with Crippen LogP contribution in [0.5, 0.6) is 0 Å². The van der Waals surface area contributed by atoms with Crippen LogP contribution in [-0.4, -0.2) is 78.0 Å². The minimum absolute atomic E-state index is 0.110. The van der Waals surface area contributed by atoms with E-state index in [0.717, 1.165) is 44.7 Å². The number of piperazine rings is 2. The summed E-state index contributed by atoms with van der Waals surface area (Å²) in [5.74, 6) is 0.892. The maximum Gasteiger partial charge on any atom is 0.252 e. The molecular weight excluding hydrogens is 476 g/mol. The van der Waals surface area contributed by atoms with Crippen LogP contribution in [0.15, 0.2) is 35.1 Å². The third-order valence-electron chi connectivity index (χ3n) is 7.83. The van der Waals surface area contributed by atoms with Crippen LogP contribution in [0.2, 0.25) is 0 Å². The van der Waals surface area contributed by atoms with Crippen molar-refractivity contribution in [2.75, 3.05) is 62.2 Å². The average Bonchev–Trinajstić information content (AvgIpc) is 2.92. The maximum absolute atomic E-state index is 12.7. The molecular formula is C30H46N6O2. The fourth-order valence-corrected chi connectivity index (χ4v) is 5.50. The Bertz CT molecular complexity index is 1070. The van der Waals surface area contributed by atoms with Gasteiger partial charge >= 0.3 is 0 Å². The lowest BCUT2D eigenvalue weighted by Gasteiger charge is -2.36. The minimum atomic E-state index is -0.110. The Morgan fingerprint density at radius 1 is 0.868 bits per heavy atom. The molecule has 1 aromatic carbocycles. The van der Waals surface area contributed by atoms with Gasteiger partial charge in [-0.05, 0) is 31.0 Å². The number of hydrogen-bond acceptors (Lipinski definition) is 6. The molecule has 1 N–H and O–H groups in total. The lowest BCUT2D eigenvalue weighted by atomic mass is 10.1. The lowest BCUT2D eigenvalue weighted by molar-refractivity contribution is -0.131. The molecule has 0 spiro atoms. The van der Waals surface area contributed by atoms with Crippen molar-refractivity contribution in [2.45, 2.75) is 71.8 Å². The number of aromatic nitrogens is 2. The highest BCUT2D eigenvalue weighted by molar-refractivity contribution is 5.76. The largest absolute Gasteiger partial charge is 0.369 e. The Kier molecular flexibility index (Phi) is 10.6. The van der Waals surface area contributed by atoms with Crippen molar-refractivity contribution >= 4 is 17.5 Å². The molecule has 1 aromatic heterocycles. The van der Waals surface area contributed by atoms with Gasteiger partial charge in [0.15, 0.2) is 0 Å². The monoisotopic (exact) mass is 522 g/mol. The molecule has 38 heavy (non-hydrogen) atoms. The zero-order valence-electron chi connectivity index (χ0n) is 23.5. The Hall–Kier alpha value is -2.87. The molecule has 1 amide bonds. The number of aryl methyl sites for hydroxylation is 1. The number of benzene rings is 1. The highest BCUT2D eigenvalue weighted by atomic mass is 16.2. The second-order valence-electron chi connectivity index (χ2n) is 10.9. The van der Waals surface area contributed by atoms with Gasteiger partial charge in [0.05, 0.1) is 5.69 Å². The molecule has 0 unspecified atom stereocenters. The quantitative estimate of drug-likeness (QED) is 0.422.